The number of rotatable bonds is 6. The maximum Gasteiger partial charge on any atom is 0.228 e. The highest BCUT2D eigenvalue weighted by molar-refractivity contribution is 6.33. The number of anilines is 3. The molecule has 1 aromatic carbocycles. The van der Waals surface area contributed by atoms with Gasteiger partial charge >= 0.3 is 0 Å². The summed E-state index contributed by atoms with van der Waals surface area (Å²) in [6, 6.07) is 13.1. The summed E-state index contributed by atoms with van der Waals surface area (Å²) in [6.07, 6.45) is 6.29. The summed E-state index contributed by atoms with van der Waals surface area (Å²) in [5, 5.41) is 17.0. The molecule has 0 bridgehead atoms. The van der Waals surface area contributed by atoms with Crippen LogP contribution >= 0.6 is 23.2 Å². The van der Waals surface area contributed by atoms with Crippen LogP contribution in [0.4, 0.5) is 17.3 Å². The SMILES string of the molecule is CN(C)[C@H]1CCN(c2ccc(Nc3ncc(Cl)c(-c4cnn(-c5ccc(C#N)nc5Cl)c4)n3)cc2)C(=O)C1. The molecule has 192 valence electrons. The van der Waals surface area contributed by atoms with Crippen LogP contribution in [0.2, 0.25) is 10.2 Å². The van der Waals surface area contributed by atoms with Gasteiger partial charge in [-0.2, -0.15) is 10.4 Å². The van der Waals surface area contributed by atoms with Crippen LogP contribution in [-0.2, 0) is 4.79 Å². The number of halogens is 2. The predicted molar refractivity (Wildman–Crippen MR) is 146 cm³/mol. The fourth-order valence-electron chi connectivity index (χ4n) is 4.25. The van der Waals surface area contributed by atoms with Gasteiger partial charge in [-0.15, -0.1) is 0 Å². The molecule has 1 aliphatic heterocycles. The molecule has 10 nitrogen and oxygen atoms in total. The number of hydrogen-bond donors (Lipinski definition) is 1. The van der Waals surface area contributed by atoms with Crippen LogP contribution in [-0.4, -0.2) is 62.2 Å². The largest absolute Gasteiger partial charge is 0.324 e. The van der Waals surface area contributed by atoms with Gasteiger partial charge in [0.1, 0.15) is 17.5 Å². The van der Waals surface area contributed by atoms with Crippen molar-refractivity contribution in [3.8, 4) is 23.0 Å². The molecule has 1 aliphatic rings. The molecule has 0 aliphatic carbocycles. The Morgan fingerprint density at radius 2 is 1.89 bits per heavy atom. The fourth-order valence-corrected chi connectivity index (χ4v) is 4.69. The van der Waals surface area contributed by atoms with Gasteiger partial charge in [0.25, 0.3) is 0 Å². The molecule has 1 fully saturated rings. The number of piperidine rings is 1. The minimum atomic E-state index is 0.125. The molecule has 0 spiro atoms. The average Bonchev–Trinajstić information content (AvgIpc) is 3.40. The topological polar surface area (TPSA) is 116 Å². The number of carbonyl (C=O) groups excluding carboxylic acids is 1. The standard InChI is InChI=1S/C26H23Cl2N9O/c1-35(2)20-9-10-36(23(38)11-20)19-6-3-17(4-7-19)33-26-30-14-21(27)24(34-26)16-13-31-37(15-16)22-8-5-18(12-29)32-25(22)28/h3-8,13-15,20H,9-11H2,1-2H3,(H,30,33,34)/t20-/m0/s1. The third-order valence-electron chi connectivity index (χ3n) is 6.35. The average molecular weight is 548 g/mol. The molecule has 4 heterocycles. The number of nitrogens with zero attached hydrogens (tertiary/aromatic N) is 8. The Labute approximate surface area is 229 Å². The maximum absolute atomic E-state index is 12.7. The Hall–Kier alpha value is -4.04. The zero-order valence-electron chi connectivity index (χ0n) is 20.6. The first kappa shape index (κ1) is 25.6. The molecule has 3 aromatic heterocycles. The van der Waals surface area contributed by atoms with Crippen LogP contribution in [0.1, 0.15) is 18.5 Å². The lowest BCUT2D eigenvalue weighted by Crippen LogP contribution is -2.45. The van der Waals surface area contributed by atoms with Crippen molar-refractivity contribution in [2.45, 2.75) is 18.9 Å². The maximum atomic E-state index is 12.7. The zero-order valence-corrected chi connectivity index (χ0v) is 22.1. The van der Waals surface area contributed by atoms with Crippen molar-refractivity contribution in [2.24, 2.45) is 0 Å². The lowest BCUT2D eigenvalue weighted by molar-refractivity contribution is -0.120. The van der Waals surface area contributed by atoms with Crippen LogP contribution < -0.4 is 10.2 Å². The van der Waals surface area contributed by atoms with Gasteiger partial charge in [0.15, 0.2) is 5.15 Å². The molecule has 1 N–H and O–H groups in total. The van der Waals surface area contributed by atoms with E-state index in [1.54, 1.807) is 29.2 Å². The summed E-state index contributed by atoms with van der Waals surface area (Å²) in [6.45, 7) is 0.690. The minimum absolute atomic E-state index is 0.125. The Kier molecular flexibility index (Phi) is 7.24. The van der Waals surface area contributed by atoms with Crippen molar-refractivity contribution in [1.29, 1.82) is 5.26 Å². The number of amides is 1. The Morgan fingerprint density at radius 3 is 2.58 bits per heavy atom. The van der Waals surface area contributed by atoms with E-state index in [2.05, 4.69) is 30.3 Å². The van der Waals surface area contributed by atoms with Crippen LogP contribution in [0.3, 0.4) is 0 Å². The second kappa shape index (κ2) is 10.8. The van der Waals surface area contributed by atoms with Gasteiger partial charge in [-0.1, -0.05) is 23.2 Å². The molecule has 0 radical (unpaired) electrons. The molecule has 0 unspecified atom stereocenters. The van der Waals surface area contributed by atoms with E-state index in [1.165, 1.54) is 6.20 Å². The Balaban J connectivity index is 1.32. The first-order chi connectivity index (χ1) is 18.3. The summed E-state index contributed by atoms with van der Waals surface area (Å²) < 4.78 is 1.54. The van der Waals surface area contributed by atoms with Gasteiger partial charge in [-0.25, -0.2) is 19.6 Å². The molecule has 1 amide bonds. The fraction of sp³-hybridized carbons (Fsp3) is 0.231. The van der Waals surface area contributed by atoms with Crippen molar-refractivity contribution < 1.29 is 4.79 Å². The van der Waals surface area contributed by atoms with E-state index in [-0.39, 0.29) is 22.8 Å². The van der Waals surface area contributed by atoms with Gasteiger partial charge in [0.2, 0.25) is 11.9 Å². The van der Waals surface area contributed by atoms with E-state index >= 15 is 0 Å². The monoisotopic (exact) mass is 547 g/mol. The Morgan fingerprint density at radius 1 is 1.11 bits per heavy atom. The number of benzene rings is 1. The molecule has 12 heteroatoms. The number of carbonyl (C=O) groups is 1. The molecular formula is C26H23Cl2N9O. The summed E-state index contributed by atoms with van der Waals surface area (Å²) in [4.78, 5) is 29.5. The molecule has 4 aromatic rings. The van der Waals surface area contributed by atoms with Crippen LogP contribution in [0.15, 0.2) is 55.0 Å². The summed E-state index contributed by atoms with van der Waals surface area (Å²) in [5.41, 5.74) is 3.50. The van der Waals surface area contributed by atoms with Gasteiger partial charge in [0, 0.05) is 42.1 Å². The Bertz CT molecular complexity index is 1530. The van der Waals surface area contributed by atoms with Gasteiger partial charge < -0.3 is 15.1 Å². The molecule has 1 atom stereocenters. The molecule has 5 rings (SSSR count). The van der Waals surface area contributed by atoms with Crippen molar-refractivity contribution in [1.82, 2.24) is 29.6 Å². The molecule has 38 heavy (non-hydrogen) atoms. The van der Waals surface area contributed by atoms with Gasteiger partial charge in [-0.3, -0.25) is 4.79 Å². The lowest BCUT2D eigenvalue weighted by atomic mass is 10.0. The number of aromatic nitrogens is 5. The van der Waals surface area contributed by atoms with Crippen molar-refractivity contribution >= 4 is 46.4 Å². The summed E-state index contributed by atoms with van der Waals surface area (Å²) >= 11 is 12.6. The van der Waals surface area contributed by atoms with Crippen molar-refractivity contribution in [3.63, 3.8) is 0 Å². The van der Waals surface area contributed by atoms with Crippen molar-refractivity contribution in [2.75, 3.05) is 30.9 Å². The second-order valence-electron chi connectivity index (χ2n) is 9.01. The smallest absolute Gasteiger partial charge is 0.228 e. The summed E-state index contributed by atoms with van der Waals surface area (Å²) in [7, 11) is 4.01. The van der Waals surface area contributed by atoms with E-state index in [4.69, 9.17) is 28.5 Å². The molecule has 0 saturated carbocycles. The third kappa shape index (κ3) is 5.31. The number of nitriles is 1. The molecule has 1 saturated heterocycles. The van der Waals surface area contributed by atoms with E-state index in [0.717, 1.165) is 17.8 Å². The van der Waals surface area contributed by atoms with Crippen LogP contribution in [0, 0.1) is 11.3 Å². The molecular weight excluding hydrogens is 525 g/mol. The quantitative estimate of drug-likeness (QED) is 0.345. The second-order valence-corrected chi connectivity index (χ2v) is 9.77. The number of hydrogen-bond acceptors (Lipinski definition) is 8. The van der Waals surface area contributed by atoms with E-state index in [1.807, 2.05) is 49.3 Å². The number of pyridine rings is 1. The highest BCUT2D eigenvalue weighted by Crippen LogP contribution is 2.29. The van der Waals surface area contributed by atoms with E-state index < -0.39 is 0 Å². The highest BCUT2D eigenvalue weighted by Gasteiger charge is 2.27. The van der Waals surface area contributed by atoms with Crippen molar-refractivity contribution in [3.05, 3.63) is 70.9 Å². The lowest BCUT2D eigenvalue weighted by Gasteiger charge is -2.34. The van der Waals surface area contributed by atoms with E-state index in [0.29, 0.717) is 40.9 Å². The van der Waals surface area contributed by atoms with Gasteiger partial charge in [-0.05, 0) is 56.9 Å². The first-order valence-electron chi connectivity index (χ1n) is 11.8. The number of nitrogens with one attached hydrogen (secondary N) is 1. The first-order valence-corrected chi connectivity index (χ1v) is 12.6. The highest BCUT2D eigenvalue weighted by atomic mass is 35.5. The zero-order chi connectivity index (χ0) is 26.8. The van der Waals surface area contributed by atoms with Crippen LogP contribution in [0.5, 0.6) is 0 Å². The van der Waals surface area contributed by atoms with Crippen LogP contribution in [0.25, 0.3) is 16.9 Å². The summed E-state index contributed by atoms with van der Waals surface area (Å²) in [5.74, 6) is 0.478. The van der Waals surface area contributed by atoms with E-state index in [9.17, 15) is 4.79 Å². The minimum Gasteiger partial charge on any atom is -0.324 e. The predicted octanol–water partition coefficient (Wildman–Crippen LogP) is 4.70. The van der Waals surface area contributed by atoms with Gasteiger partial charge in [0.05, 0.1) is 23.1 Å². The third-order valence-corrected chi connectivity index (χ3v) is 6.91. The normalized spacial score (nSPS) is 15.5.